The van der Waals surface area contributed by atoms with Crippen molar-refractivity contribution in [1.82, 2.24) is 0 Å². The van der Waals surface area contributed by atoms with Gasteiger partial charge in [0.05, 0.1) is 31.9 Å². The summed E-state index contributed by atoms with van der Waals surface area (Å²) in [6.45, 7) is 27.3. The number of benzene rings is 6. The normalized spacial score (nSPS) is 11.7. The van der Waals surface area contributed by atoms with Crippen LogP contribution >= 0.6 is 11.3 Å². The number of nitrogens with zero attached hydrogens (tertiary/aromatic N) is 2. The standard InChI is InChI=1S/C35H30NS.C26H32NSi.Ir/c1-23-14-19-30-29-13-9-12-28(25-15-17-27(18-16-25)35(2,3)4)33(29)37-34(30)32(23)31-22-26(20-21-36(31)5)24-10-7-6-8-11-24;1-19(2)15-23-17-25(27(4)18-26(23)28(5,6)7)24-16-22(14-13-20(24)3)21-11-9-8-10-12-21;/h6-22H,1,5H2,2-4H3;8-14,16-19H,3-4,15H2,1-2,5-7H3;/q2*-1;. The molecule has 0 atom stereocenters. The maximum Gasteiger partial charge on any atom is 0.0709 e. The van der Waals surface area contributed by atoms with Crippen LogP contribution < -0.4 is 14.3 Å². The van der Waals surface area contributed by atoms with Gasteiger partial charge in [-0.1, -0.05) is 181 Å². The minimum Gasteiger partial charge on any atom is -0.343 e. The number of fused-ring (bicyclic) bond motifs is 3. The van der Waals surface area contributed by atoms with E-state index in [2.05, 4.69) is 245 Å². The van der Waals surface area contributed by atoms with Crippen molar-refractivity contribution in [3.63, 3.8) is 0 Å². The molecule has 0 unspecified atom stereocenters. The molecule has 0 aliphatic heterocycles. The fourth-order valence-corrected chi connectivity index (χ4v) is 12.0. The molecule has 6 aromatic carbocycles. The number of hydrogen-bond donors (Lipinski definition) is 0. The predicted octanol–water partition coefficient (Wildman–Crippen LogP) is 15.3. The summed E-state index contributed by atoms with van der Waals surface area (Å²) in [7, 11) is 7.21. The third-order valence-electron chi connectivity index (χ3n) is 12.4. The second-order valence-corrected chi connectivity index (χ2v) is 25.9. The van der Waals surface area contributed by atoms with Gasteiger partial charge in [-0.3, -0.25) is 0 Å². The van der Waals surface area contributed by atoms with E-state index in [1.807, 2.05) is 22.1 Å². The fourth-order valence-electron chi connectivity index (χ4n) is 8.89. The van der Waals surface area contributed by atoms with Gasteiger partial charge in [-0.05, 0) is 83.4 Å². The molecule has 9 rings (SSSR count). The molecule has 5 heteroatoms. The van der Waals surface area contributed by atoms with E-state index in [4.69, 9.17) is 0 Å². The van der Waals surface area contributed by atoms with Crippen LogP contribution in [0.3, 0.4) is 0 Å². The monoisotopic (exact) mass is 1080 g/mol. The first-order chi connectivity index (χ1) is 31.0. The third kappa shape index (κ3) is 10.1. The fraction of sp³-hybridized carbons (Fsp3) is 0.180. The van der Waals surface area contributed by atoms with Gasteiger partial charge in [-0.2, -0.15) is 37.1 Å². The van der Waals surface area contributed by atoms with Crippen LogP contribution in [0.1, 0.15) is 56.9 Å². The maximum atomic E-state index is 4.44. The Kier molecular flexibility index (Phi) is 14.3. The zero-order valence-corrected chi connectivity index (χ0v) is 44.0. The van der Waals surface area contributed by atoms with Crippen molar-refractivity contribution in [2.24, 2.45) is 5.92 Å². The average Bonchev–Trinajstić information content (AvgIpc) is 3.66. The molecule has 337 valence electrons. The summed E-state index contributed by atoms with van der Waals surface area (Å²) in [4.78, 5) is 0. The van der Waals surface area contributed by atoms with Gasteiger partial charge >= 0.3 is 0 Å². The smallest absolute Gasteiger partial charge is 0.0709 e. The molecule has 0 aliphatic rings. The van der Waals surface area contributed by atoms with Crippen molar-refractivity contribution in [3.05, 3.63) is 214 Å². The molecule has 2 nitrogen and oxygen atoms in total. The quantitative estimate of drug-likeness (QED) is 0.0814. The van der Waals surface area contributed by atoms with Crippen LogP contribution in [0.2, 0.25) is 19.6 Å². The van der Waals surface area contributed by atoms with Crippen molar-refractivity contribution >= 4 is 44.8 Å². The summed E-state index contributed by atoms with van der Waals surface area (Å²) in [5.74, 6) is 0.624. The van der Waals surface area contributed by atoms with Crippen LogP contribution in [0.4, 0.5) is 0 Å². The van der Waals surface area contributed by atoms with E-state index in [1.165, 1.54) is 69.9 Å². The van der Waals surface area contributed by atoms with Gasteiger partial charge in [0, 0.05) is 38.9 Å². The molecular formula is C61H62IrN2SSi-2. The topological polar surface area (TPSA) is 7.76 Å². The molecule has 1 radical (unpaired) electrons. The minimum atomic E-state index is -1.45. The van der Waals surface area contributed by atoms with Crippen molar-refractivity contribution < 1.29 is 29.2 Å². The zero-order chi connectivity index (χ0) is 46.2. The third-order valence-corrected chi connectivity index (χ3v) is 15.7. The van der Waals surface area contributed by atoms with Gasteiger partial charge in [0.2, 0.25) is 0 Å². The molecule has 0 saturated heterocycles. The van der Waals surface area contributed by atoms with Crippen LogP contribution in [0.25, 0.3) is 76.1 Å². The Morgan fingerprint density at radius 1 is 0.561 bits per heavy atom. The van der Waals surface area contributed by atoms with Crippen LogP contribution in [0.5, 0.6) is 0 Å². The van der Waals surface area contributed by atoms with Gasteiger partial charge in [-0.25, -0.2) is 0 Å². The first-order valence-electron chi connectivity index (χ1n) is 22.7. The number of pyridine rings is 2. The van der Waals surface area contributed by atoms with Gasteiger partial charge in [-0.15, -0.1) is 35.1 Å². The van der Waals surface area contributed by atoms with E-state index in [-0.39, 0.29) is 25.5 Å². The number of hydrogen-bond acceptors (Lipinski definition) is 1. The second kappa shape index (κ2) is 19.6. The molecule has 0 saturated carbocycles. The Morgan fingerprint density at radius 2 is 1.15 bits per heavy atom. The summed E-state index contributed by atoms with van der Waals surface area (Å²) in [5, 5.41) is 4.05. The van der Waals surface area contributed by atoms with E-state index < -0.39 is 8.07 Å². The van der Waals surface area contributed by atoms with Crippen molar-refractivity contribution in [1.29, 1.82) is 0 Å². The minimum absolute atomic E-state index is 0. The Hall–Kier alpha value is -5.81. The number of thiophene rings is 1. The summed E-state index contributed by atoms with van der Waals surface area (Å²) >= 11 is 1.86. The van der Waals surface area contributed by atoms with E-state index in [9.17, 15) is 0 Å². The summed E-state index contributed by atoms with van der Waals surface area (Å²) < 4.78 is 6.58. The maximum absolute atomic E-state index is 4.44. The molecule has 9 aromatic rings. The largest absolute Gasteiger partial charge is 0.343 e. The molecule has 0 aliphatic carbocycles. The summed E-state index contributed by atoms with van der Waals surface area (Å²) in [6, 6.07) is 54.4. The van der Waals surface area contributed by atoms with Crippen molar-refractivity contribution in [3.8, 4) is 55.9 Å². The summed E-state index contributed by atoms with van der Waals surface area (Å²) in [6.07, 6.45) is 5.41. The van der Waals surface area contributed by atoms with E-state index in [0.29, 0.717) is 5.92 Å². The Labute approximate surface area is 413 Å². The van der Waals surface area contributed by atoms with Gasteiger partial charge in [0.1, 0.15) is 0 Å². The Morgan fingerprint density at radius 3 is 1.76 bits per heavy atom. The van der Waals surface area contributed by atoms with Crippen LogP contribution in [0, 0.1) is 33.9 Å². The number of rotatable bonds is 8. The predicted molar refractivity (Wildman–Crippen MR) is 284 cm³/mol. The molecular weight excluding hydrogens is 1010 g/mol. The molecule has 0 fully saturated rings. The SMILES string of the molecule is [CH2-]c1ccc(-c2ccccc2)cc1-c1cc(CC(C)C)c([Si](C)(C)C)c[n+]1[CH2-].[CH2-]c1ccc2c(sc3c(-c4ccc(C(C)(C)C)cc4)cccc32)c1-c1cc(-c2ccccc2)cc[n+]1[CH2-].[Ir]. The molecule has 66 heavy (non-hydrogen) atoms. The van der Waals surface area contributed by atoms with Crippen LogP contribution in [-0.2, 0) is 31.9 Å². The molecule has 0 spiro atoms. The summed E-state index contributed by atoms with van der Waals surface area (Å²) in [5.41, 5.74) is 16.8. The average molecular weight is 1080 g/mol. The number of aromatic nitrogens is 2. The first kappa shape index (κ1) is 48.1. The Balaban J connectivity index is 0.000000201. The van der Waals surface area contributed by atoms with Crippen LogP contribution in [0.15, 0.2) is 164 Å². The van der Waals surface area contributed by atoms with Crippen LogP contribution in [-0.4, -0.2) is 8.07 Å². The molecule has 3 aromatic heterocycles. The zero-order valence-electron chi connectivity index (χ0n) is 39.8. The molecule has 3 heterocycles. The van der Waals surface area contributed by atoms with Gasteiger partial charge < -0.3 is 9.13 Å². The first-order valence-corrected chi connectivity index (χ1v) is 27.0. The van der Waals surface area contributed by atoms with E-state index >= 15 is 0 Å². The van der Waals surface area contributed by atoms with Crippen molar-refractivity contribution in [2.75, 3.05) is 0 Å². The molecule has 0 amide bonds. The van der Waals surface area contributed by atoms with E-state index in [0.717, 1.165) is 40.1 Å². The van der Waals surface area contributed by atoms with E-state index in [1.54, 1.807) is 0 Å². The van der Waals surface area contributed by atoms with Crippen molar-refractivity contribution in [2.45, 2.75) is 66.1 Å². The Bertz CT molecular complexity index is 3140. The van der Waals surface area contributed by atoms with Gasteiger partial charge in [0.15, 0.2) is 0 Å². The second-order valence-electron chi connectivity index (χ2n) is 19.9. The molecule has 0 bridgehead atoms. The van der Waals surface area contributed by atoms with Gasteiger partial charge in [0.25, 0.3) is 0 Å². The molecule has 0 N–H and O–H groups in total.